The van der Waals surface area contributed by atoms with Crippen molar-refractivity contribution >= 4 is 5.78 Å². The maximum atomic E-state index is 11.6. The molecule has 2 fully saturated rings. The minimum Gasteiger partial charge on any atom is -0.299 e. The van der Waals surface area contributed by atoms with E-state index in [9.17, 15) is 4.79 Å². The molecule has 3 atom stereocenters. The highest BCUT2D eigenvalue weighted by Crippen LogP contribution is 2.57. The van der Waals surface area contributed by atoms with Gasteiger partial charge in [-0.3, -0.25) is 4.79 Å². The Bertz CT molecular complexity index is 197. The molecule has 11 heavy (non-hydrogen) atoms. The first-order chi connectivity index (χ1) is 5.20. The fraction of sp³-hybridized carbons (Fsp3) is 0.900. The number of carbonyl (C=O) groups is 1. The van der Waals surface area contributed by atoms with Gasteiger partial charge in [0.25, 0.3) is 0 Å². The SMILES string of the molecule is CCC12CCC(CC1=O)C2C. The highest BCUT2D eigenvalue weighted by Gasteiger charge is 2.55. The summed E-state index contributed by atoms with van der Waals surface area (Å²) in [6.45, 7) is 4.44. The summed E-state index contributed by atoms with van der Waals surface area (Å²) in [5.41, 5.74) is 0.130. The molecule has 1 heteroatoms. The fourth-order valence-corrected chi connectivity index (χ4v) is 3.18. The van der Waals surface area contributed by atoms with Crippen LogP contribution < -0.4 is 0 Å². The predicted molar refractivity (Wildman–Crippen MR) is 44.2 cm³/mol. The molecule has 2 aliphatic carbocycles. The number of ketones is 1. The number of carbonyl (C=O) groups excluding carboxylic acids is 1. The van der Waals surface area contributed by atoms with E-state index in [2.05, 4.69) is 13.8 Å². The van der Waals surface area contributed by atoms with Crippen molar-refractivity contribution in [2.75, 3.05) is 0 Å². The van der Waals surface area contributed by atoms with E-state index in [-0.39, 0.29) is 5.41 Å². The molecule has 1 nitrogen and oxygen atoms in total. The number of Topliss-reactive ketones (excluding diaryl/α,β-unsaturated/α-hetero) is 1. The molecule has 2 rings (SSSR count). The Balaban J connectivity index is 2.35. The van der Waals surface area contributed by atoms with Crippen LogP contribution in [0.1, 0.15) is 39.5 Å². The molecular weight excluding hydrogens is 136 g/mol. The van der Waals surface area contributed by atoms with Gasteiger partial charge in [0, 0.05) is 11.8 Å². The van der Waals surface area contributed by atoms with Crippen LogP contribution in [0.3, 0.4) is 0 Å². The molecule has 0 aromatic heterocycles. The second-order valence-electron chi connectivity index (χ2n) is 4.22. The monoisotopic (exact) mass is 152 g/mol. The summed E-state index contributed by atoms with van der Waals surface area (Å²) in [4.78, 5) is 11.6. The lowest BCUT2D eigenvalue weighted by atomic mass is 9.76. The molecule has 0 aromatic carbocycles. The molecule has 0 heterocycles. The van der Waals surface area contributed by atoms with Crippen molar-refractivity contribution in [1.82, 2.24) is 0 Å². The van der Waals surface area contributed by atoms with Crippen molar-refractivity contribution in [3.8, 4) is 0 Å². The van der Waals surface area contributed by atoms with Crippen LogP contribution in [0.25, 0.3) is 0 Å². The molecule has 0 spiro atoms. The first kappa shape index (κ1) is 7.33. The van der Waals surface area contributed by atoms with E-state index in [1.807, 2.05) is 0 Å². The normalized spacial score (nSPS) is 48.7. The van der Waals surface area contributed by atoms with Gasteiger partial charge in [0.05, 0.1) is 0 Å². The maximum absolute atomic E-state index is 11.6. The van der Waals surface area contributed by atoms with Gasteiger partial charge in [-0.05, 0) is 31.1 Å². The van der Waals surface area contributed by atoms with Gasteiger partial charge < -0.3 is 0 Å². The van der Waals surface area contributed by atoms with Crippen molar-refractivity contribution in [2.45, 2.75) is 39.5 Å². The van der Waals surface area contributed by atoms with Crippen molar-refractivity contribution in [3.63, 3.8) is 0 Å². The second kappa shape index (κ2) is 2.09. The van der Waals surface area contributed by atoms with Crippen molar-refractivity contribution in [1.29, 1.82) is 0 Å². The standard InChI is InChI=1S/C10H16O/c1-3-10-5-4-8(7(10)2)6-9(10)11/h7-8H,3-6H2,1-2H3. The highest BCUT2D eigenvalue weighted by atomic mass is 16.1. The number of hydrogen-bond donors (Lipinski definition) is 0. The molecule has 3 unspecified atom stereocenters. The lowest BCUT2D eigenvalue weighted by Crippen LogP contribution is -2.27. The Morgan fingerprint density at radius 3 is 2.64 bits per heavy atom. The third kappa shape index (κ3) is 0.692. The van der Waals surface area contributed by atoms with E-state index < -0.39 is 0 Å². The highest BCUT2D eigenvalue weighted by molar-refractivity contribution is 5.88. The van der Waals surface area contributed by atoms with E-state index in [4.69, 9.17) is 0 Å². The summed E-state index contributed by atoms with van der Waals surface area (Å²) in [6, 6.07) is 0. The van der Waals surface area contributed by atoms with E-state index in [0.717, 1.165) is 18.8 Å². The quantitative estimate of drug-likeness (QED) is 0.564. The van der Waals surface area contributed by atoms with Crippen LogP contribution in [0, 0.1) is 17.3 Å². The minimum absolute atomic E-state index is 0.130. The predicted octanol–water partition coefficient (Wildman–Crippen LogP) is 2.40. The molecule has 0 amide bonds. The van der Waals surface area contributed by atoms with Gasteiger partial charge in [0.1, 0.15) is 5.78 Å². The summed E-state index contributed by atoms with van der Waals surface area (Å²) in [6.07, 6.45) is 4.44. The number of rotatable bonds is 1. The van der Waals surface area contributed by atoms with Gasteiger partial charge in [-0.15, -0.1) is 0 Å². The van der Waals surface area contributed by atoms with Crippen LogP contribution in [0.15, 0.2) is 0 Å². The van der Waals surface area contributed by atoms with Crippen LogP contribution in [-0.4, -0.2) is 5.78 Å². The van der Waals surface area contributed by atoms with Crippen LogP contribution in [0.5, 0.6) is 0 Å². The van der Waals surface area contributed by atoms with E-state index >= 15 is 0 Å². The zero-order valence-corrected chi connectivity index (χ0v) is 7.39. The third-order valence-corrected chi connectivity index (χ3v) is 4.17. The topological polar surface area (TPSA) is 17.1 Å². The summed E-state index contributed by atoms with van der Waals surface area (Å²) in [7, 11) is 0. The minimum atomic E-state index is 0.130. The van der Waals surface area contributed by atoms with Gasteiger partial charge in [0.15, 0.2) is 0 Å². The van der Waals surface area contributed by atoms with Crippen molar-refractivity contribution in [2.24, 2.45) is 17.3 Å². The van der Waals surface area contributed by atoms with Crippen LogP contribution >= 0.6 is 0 Å². The van der Waals surface area contributed by atoms with Gasteiger partial charge in [-0.2, -0.15) is 0 Å². The molecule has 2 bridgehead atoms. The van der Waals surface area contributed by atoms with Gasteiger partial charge in [-0.1, -0.05) is 13.8 Å². The van der Waals surface area contributed by atoms with Crippen molar-refractivity contribution < 1.29 is 4.79 Å². The fourth-order valence-electron chi connectivity index (χ4n) is 3.18. The average molecular weight is 152 g/mol. The van der Waals surface area contributed by atoms with Gasteiger partial charge >= 0.3 is 0 Å². The summed E-state index contributed by atoms with van der Waals surface area (Å²) in [5.74, 6) is 1.98. The van der Waals surface area contributed by atoms with Gasteiger partial charge in [-0.25, -0.2) is 0 Å². The zero-order valence-electron chi connectivity index (χ0n) is 7.39. The smallest absolute Gasteiger partial charge is 0.139 e. The van der Waals surface area contributed by atoms with Crippen LogP contribution in [0.4, 0.5) is 0 Å². The van der Waals surface area contributed by atoms with Gasteiger partial charge in [0.2, 0.25) is 0 Å². The first-order valence-electron chi connectivity index (χ1n) is 4.74. The first-order valence-corrected chi connectivity index (χ1v) is 4.74. The lowest BCUT2D eigenvalue weighted by Gasteiger charge is -2.26. The molecule has 2 aliphatic rings. The Labute approximate surface area is 68.2 Å². The van der Waals surface area contributed by atoms with E-state index in [0.29, 0.717) is 11.7 Å². The maximum Gasteiger partial charge on any atom is 0.139 e. The van der Waals surface area contributed by atoms with Crippen LogP contribution in [-0.2, 0) is 4.79 Å². The summed E-state index contributed by atoms with van der Waals surface area (Å²) < 4.78 is 0. The largest absolute Gasteiger partial charge is 0.299 e. The lowest BCUT2D eigenvalue weighted by molar-refractivity contribution is -0.128. The Morgan fingerprint density at radius 2 is 2.36 bits per heavy atom. The molecular formula is C10H16O. The Hall–Kier alpha value is -0.330. The average Bonchev–Trinajstić information content (AvgIpc) is 2.42. The molecule has 0 aliphatic heterocycles. The molecule has 2 saturated carbocycles. The van der Waals surface area contributed by atoms with Crippen molar-refractivity contribution in [3.05, 3.63) is 0 Å². The molecule has 0 radical (unpaired) electrons. The molecule has 0 N–H and O–H groups in total. The zero-order chi connectivity index (χ0) is 8.06. The molecule has 62 valence electrons. The van der Waals surface area contributed by atoms with E-state index in [1.54, 1.807) is 0 Å². The molecule has 0 aromatic rings. The number of fused-ring (bicyclic) bond motifs is 2. The Kier molecular flexibility index (Phi) is 1.39. The number of hydrogen-bond acceptors (Lipinski definition) is 1. The third-order valence-electron chi connectivity index (χ3n) is 4.17. The second-order valence-corrected chi connectivity index (χ2v) is 4.22. The summed E-state index contributed by atoms with van der Waals surface area (Å²) in [5, 5.41) is 0. The summed E-state index contributed by atoms with van der Waals surface area (Å²) >= 11 is 0. The Morgan fingerprint density at radius 1 is 1.64 bits per heavy atom. The molecule has 0 saturated heterocycles. The van der Waals surface area contributed by atoms with Crippen LogP contribution in [0.2, 0.25) is 0 Å². The van der Waals surface area contributed by atoms with E-state index in [1.165, 1.54) is 12.8 Å².